The van der Waals surface area contributed by atoms with Crippen LogP contribution in [-0.2, 0) is 0 Å². The van der Waals surface area contributed by atoms with Crippen molar-refractivity contribution in [1.82, 2.24) is 14.9 Å². The zero-order valence-corrected chi connectivity index (χ0v) is 22.3. The number of pyridine rings is 1. The molecule has 0 bridgehead atoms. The zero-order chi connectivity index (χ0) is 25.9. The number of anilines is 1. The number of thiocarbonyl (C=S) groups is 1. The quantitative estimate of drug-likeness (QED) is 0.255. The molecular formula is C31H32N4O2S. The van der Waals surface area contributed by atoms with Crippen LogP contribution in [0.5, 0.6) is 17.2 Å². The van der Waals surface area contributed by atoms with Gasteiger partial charge in [0, 0.05) is 30.3 Å². The fourth-order valence-corrected chi connectivity index (χ4v) is 5.98. The minimum absolute atomic E-state index is 0.0180. The summed E-state index contributed by atoms with van der Waals surface area (Å²) in [5, 5.41) is 4.26. The average molecular weight is 525 g/mol. The van der Waals surface area contributed by atoms with Crippen LogP contribution in [0.4, 0.5) is 5.69 Å². The molecule has 194 valence electrons. The lowest BCUT2D eigenvalue weighted by Gasteiger charge is -2.28. The van der Waals surface area contributed by atoms with E-state index in [1.54, 1.807) is 7.11 Å². The standard InChI is InChI=1S/C31H32N4O2S/c1-36-25-14-16-27(17-15-25)37-26-12-10-24(11-13-26)35-30(29(33-31(35)38)28-9-5-6-19-32-28)22-18-20-34(21-22)23-7-3-2-4-8-23/h5-6,9-21,23,29-30H,2-4,7-8H2,1H3,(H,33,38). The Morgan fingerprint density at radius 1 is 0.868 bits per heavy atom. The predicted molar refractivity (Wildman–Crippen MR) is 154 cm³/mol. The second-order valence-corrected chi connectivity index (χ2v) is 10.3. The van der Waals surface area contributed by atoms with Gasteiger partial charge in [0.25, 0.3) is 0 Å². The largest absolute Gasteiger partial charge is 0.497 e. The number of nitrogens with zero attached hydrogens (tertiary/aromatic N) is 3. The van der Waals surface area contributed by atoms with Crippen LogP contribution >= 0.6 is 12.2 Å². The summed E-state index contributed by atoms with van der Waals surface area (Å²) in [5.41, 5.74) is 3.22. The van der Waals surface area contributed by atoms with Gasteiger partial charge < -0.3 is 24.3 Å². The maximum absolute atomic E-state index is 6.06. The lowest BCUT2D eigenvalue weighted by Crippen LogP contribution is -2.29. The van der Waals surface area contributed by atoms with Gasteiger partial charge in [-0.25, -0.2) is 0 Å². The van der Waals surface area contributed by atoms with E-state index in [-0.39, 0.29) is 12.1 Å². The van der Waals surface area contributed by atoms with E-state index in [0.717, 1.165) is 28.6 Å². The number of benzene rings is 2. The molecule has 0 radical (unpaired) electrons. The Hall–Kier alpha value is -3.84. The van der Waals surface area contributed by atoms with Gasteiger partial charge in [0.1, 0.15) is 17.2 Å². The minimum atomic E-state index is -0.0545. The third-order valence-electron chi connectivity index (χ3n) is 7.58. The van der Waals surface area contributed by atoms with E-state index in [9.17, 15) is 0 Å². The summed E-state index contributed by atoms with van der Waals surface area (Å²) in [6, 6.07) is 24.5. The summed E-state index contributed by atoms with van der Waals surface area (Å²) >= 11 is 5.91. The van der Waals surface area contributed by atoms with Crippen molar-refractivity contribution in [2.45, 2.75) is 50.2 Å². The van der Waals surface area contributed by atoms with Crippen LogP contribution < -0.4 is 19.7 Å². The van der Waals surface area contributed by atoms with Crippen LogP contribution in [-0.4, -0.2) is 21.8 Å². The lowest BCUT2D eigenvalue weighted by molar-refractivity contribution is 0.353. The van der Waals surface area contributed by atoms with Gasteiger partial charge in [-0.15, -0.1) is 0 Å². The van der Waals surface area contributed by atoms with E-state index in [1.807, 2.05) is 54.7 Å². The molecule has 7 heteroatoms. The molecule has 1 N–H and O–H groups in total. The highest BCUT2D eigenvalue weighted by Crippen LogP contribution is 2.42. The molecule has 0 spiro atoms. The molecule has 2 aromatic heterocycles. The number of aromatic nitrogens is 2. The van der Waals surface area contributed by atoms with E-state index in [1.165, 1.54) is 37.7 Å². The van der Waals surface area contributed by atoms with E-state index in [4.69, 9.17) is 21.7 Å². The second-order valence-electron chi connectivity index (χ2n) is 9.95. The predicted octanol–water partition coefficient (Wildman–Crippen LogP) is 7.37. The molecule has 0 amide bonds. The maximum atomic E-state index is 6.06. The fourth-order valence-electron chi connectivity index (χ4n) is 5.64. The van der Waals surface area contributed by atoms with Crippen molar-refractivity contribution in [3.05, 3.63) is 103 Å². The van der Waals surface area contributed by atoms with Gasteiger partial charge in [0.15, 0.2) is 5.11 Å². The first-order valence-electron chi connectivity index (χ1n) is 13.3. The van der Waals surface area contributed by atoms with E-state index < -0.39 is 0 Å². The van der Waals surface area contributed by atoms with Crippen molar-refractivity contribution in [2.24, 2.45) is 0 Å². The summed E-state index contributed by atoms with van der Waals surface area (Å²) in [7, 11) is 1.66. The minimum Gasteiger partial charge on any atom is -0.497 e. The molecular weight excluding hydrogens is 492 g/mol. The molecule has 4 aromatic rings. The van der Waals surface area contributed by atoms with Gasteiger partial charge in [-0.1, -0.05) is 25.3 Å². The molecule has 1 saturated heterocycles. The number of ether oxygens (including phenoxy) is 2. The normalized spacial score (nSPS) is 19.8. The first-order chi connectivity index (χ1) is 18.7. The number of rotatable bonds is 7. The third-order valence-corrected chi connectivity index (χ3v) is 7.90. The van der Waals surface area contributed by atoms with Crippen LogP contribution in [0.2, 0.25) is 0 Å². The zero-order valence-electron chi connectivity index (χ0n) is 21.5. The summed E-state index contributed by atoms with van der Waals surface area (Å²) in [4.78, 5) is 6.90. The van der Waals surface area contributed by atoms with Crippen LogP contribution in [0.15, 0.2) is 91.4 Å². The smallest absolute Gasteiger partial charge is 0.174 e. The average Bonchev–Trinajstić information content (AvgIpc) is 3.60. The number of methoxy groups -OCH3 is 1. The van der Waals surface area contributed by atoms with Crippen molar-refractivity contribution < 1.29 is 9.47 Å². The van der Waals surface area contributed by atoms with Crippen LogP contribution in [0, 0.1) is 0 Å². The number of hydrogen-bond donors (Lipinski definition) is 1. The van der Waals surface area contributed by atoms with E-state index >= 15 is 0 Å². The Bertz CT molecular complexity index is 1370. The van der Waals surface area contributed by atoms with Gasteiger partial charge in [-0.05, 0) is 97.4 Å². The Morgan fingerprint density at radius 3 is 2.26 bits per heavy atom. The first kappa shape index (κ1) is 24.5. The first-order valence-corrected chi connectivity index (χ1v) is 13.7. The summed E-state index contributed by atoms with van der Waals surface area (Å²) < 4.78 is 13.7. The van der Waals surface area contributed by atoms with Gasteiger partial charge >= 0.3 is 0 Å². The molecule has 1 aliphatic heterocycles. The fraction of sp³-hybridized carbons (Fsp3) is 0.290. The molecule has 2 aliphatic rings. The van der Waals surface area contributed by atoms with E-state index in [0.29, 0.717) is 11.2 Å². The molecule has 2 atom stereocenters. The molecule has 2 aromatic carbocycles. The topological polar surface area (TPSA) is 51.6 Å². The highest BCUT2D eigenvalue weighted by Gasteiger charge is 2.41. The third kappa shape index (κ3) is 4.98. The van der Waals surface area contributed by atoms with Crippen LogP contribution in [0.25, 0.3) is 0 Å². The molecule has 38 heavy (non-hydrogen) atoms. The molecule has 3 heterocycles. The van der Waals surface area contributed by atoms with Crippen molar-refractivity contribution in [2.75, 3.05) is 12.0 Å². The summed E-state index contributed by atoms with van der Waals surface area (Å²) in [5.74, 6) is 2.32. The second kappa shape index (κ2) is 10.9. The number of nitrogens with one attached hydrogen (secondary N) is 1. The monoisotopic (exact) mass is 524 g/mol. The molecule has 2 fully saturated rings. The van der Waals surface area contributed by atoms with Crippen molar-refractivity contribution in [1.29, 1.82) is 0 Å². The SMILES string of the molecule is COc1ccc(Oc2ccc(N3C(=S)NC(c4ccccn4)C3c3ccn(C4CCCCC4)c3)cc2)cc1. The Balaban J connectivity index is 1.30. The molecule has 1 aliphatic carbocycles. The molecule has 2 unspecified atom stereocenters. The van der Waals surface area contributed by atoms with Crippen molar-refractivity contribution in [3.8, 4) is 17.2 Å². The number of hydrogen-bond acceptors (Lipinski definition) is 4. The summed E-state index contributed by atoms with van der Waals surface area (Å²) in [6.45, 7) is 0. The molecule has 1 saturated carbocycles. The summed E-state index contributed by atoms with van der Waals surface area (Å²) in [6.07, 6.45) is 12.9. The Morgan fingerprint density at radius 2 is 1.58 bits per heavy atom. The van der Waals surface area contributed by atoms with Crippen LogP contribution in [0.3, 0.4) is 0 Å². The van der Waals surface area contributed by atoms with E-state index in [2.05, 4.69) is 56.4 Å². The van der Waals surface area contributed by atoms with Gasteiger partial charge in [0.2, 0.25) is 0 Å². The van der Waals surface area contributed by atoms with Crippen molar-refractivity contribution >= 4 is 23.0 Å². The van der Waals surface area contributed by atoms with Crippen LogP contribution in [0.1, 0.15) is 61.5 Å². The Kier molecular flexibility index (Phi) is 7.01. The molecule has 6 rings (SSSR count). The van der Waals surface area contributed by atoms with Crippen molar-refractivity contribution in [3.63, 3.8) is 0 Å². The highest BCUT2D eigenvalue weighted by atomic mass is 32.1. The van der Waals surface area contributed by atoms with Gasteiger partial charge in [-0.3, -0.25) is 4.98 Å². The Labute approximate surface area is 229 Å². The maximum Gasteiger partial charge on any atom is 0.174 e. The molecule has 6 nitrogen and oxygen atoms in total. The van der Waals surface area contributed by atoms with Gasteiger partial charge in [0.05, 0.1) is 24.9 Å². The highest BCUT2D eigenvalue weighted by molar-refractivity contribution is 7.80. The lowest BCUT2D eigenvalue weighted by atomic mass is 9.95. The van der Waals surface area contributed by atoms with Gasteiger partial charge in [-0.2, -0.15) is 0 Å².